The standard InChI is InChI=1S/C41H60N6O7/c1-7-21-42-36(50)34(48)30-19-13-11-9-8-10-12-14-20-31(39(53)46-24-27(22-26(2)3)23-32(46)35(49)43-30)44-40(54)45-33(41(4,5)6)25-47-37(51)28-17-15-16-18-29(28)38(47)52/h7,15-18,26-27,30-33H,1,8-14,19-25H2,2-6H3,(H,42,50)(H,43,49)(H2,44,45,54)/t27-,30+,31+,32+,33-/m1/s1. The summed E-state index contributed by atoms with van der Waals surface area (Å²) in [6.07, 6.45) is 9.17. The van der Waals surface area contributed by atoms with Crippen LogP contribution in [0.4, 0.5) is 4.79 Å². The Kier molecular flexibility index (Phi) is 15.0. The summed E-state index contributed by atoms with van der Waals surface area (Å²) in [4.78, 5) is 97.4. The third-order valence-corrected chi connectivity index (χ3v) is 10.7. The first-order valence-electron chi connectivity index (χ1n) is 19.7. The molecule has 4 N–H and O–H groups in total. The highest BCUT2D eigenvalue weighted by atomic mass is 16.2. The quantitative estimate of drug-likeness (QED) is 0.155. The van der Waals surface area contributed by atoms with Crippen molar-refractivity contribution >= 4 is 41.4 Å². The lowest BCUT2D eigenvalue weighted by molar-refractivity contribution is -0.142. The molecule has 296 valence electrons. The fraction of sp³-hybridized carbons (Fsp3) is 0.634. The summed E-state index contributed by atoms with van der Waals surface area (Å²) in [5, 5.41) is 11.2. The molecule has 2 fully saturated rings. The zero-order valence-electron chi connectivity index (χ0n) is 32.7. The normalized spacial score (nSPS) is 23.7. The largest absolute Gasteiger partial charge is 0.346 e. The van der Waals surface area contributed by atoms with E-state index in [2.05, 4.69) is 41.7 Å². The molecule has 0 spiro atoms. The van der Waals surface area contributed by atoms with Gasteiger partial charge < -0.3 is 26.2 Å². The highest BCUT2D eigenvalue weighted by Crippen LogP contribution is 2.31. The summed E-state index contributed by atoms with van der Waals surface area (Å²) < 4.78 is 0. The first-order valence-corrected chi connectivity index (χ1v) is 19.7. The molecule has 1 aromatic carbocycles. The lowest BCUT2D eigenvalue weighted by Gasteiger charge is -2.35. The maximum Gasteiger partial charge on any atom is 0.315 e. The summed E-state index contributed by atoms with van der Waals surface area (Å²) in [5.41, 5.74) is 0.0707. The number of carbonyl (C=O) groups excluding carboxylic acids is 7. The highest BCUT2D eigenvalue weighted by Gasteiger charge is 2.44. The Bertz CT molecular complexity index is 1530. The molecule has 3 aliphatic rings. The monoisotopic (exact) mass is 748 g/mol. The Morgan fingerprint density at radius 2 is 1.52 bits per heavy atom. The molecule has 0 unspecified atom stereocenters. The molecule has 0 bridgehead atoms. The molecule has 5 atom stereocenters. The SMILES string of the molecule is C=CCNC(=O)C(=O)[C@@H]1CCCCCCCCC[C@H](NC(=O)N[C@H](CN2C(=O)c3ccccc3C2=O)C(C)(C)C)C(=O)N2C[C@H](CC(C)C)C[C@H]2C(=O)N1. The zero-order chi connectivity index (χ0) is 39.6. The Hall–Kier alpha value is -4.55. The van der Waals surface area contributed by atoms with Crippen LogP contribution in [0.3, 0.4) is 0 Å². The van der Waals surface area contributed by atoms with Gasteiger partial charge in [-0.15, -0.1) is 6.58 Å². The summed E-state index contributed by atoms with van der Waals surface area (Å²) in [7, 11) is 0. The van der Waals surface area contributed by atoms with Gasteiger partial charge in [0.15, 0.2) is 0 Å². The average molecular weight is 749 g/mol. The number of rotatable bonds is 10. The molecule has 7 amide bonds. The van der Waals surface area contributed by atoms with Crippen LogP contribution >= 0.6 is 0 Å². The van der Waals surface area contributed by atoms with Gasteiger partial charge in [0.25, 0.3) is 17.7 Å². The van der Waals surface area contributed by atoms with Gasteiger partial charge in [0.1, 0.15) is 12.1 Å². The number of urea groups is 1. The van der Waals surface area contributed by atoms with Crippen molar-refractivity contribution in [3.63, 3.8) is 0 Å². The molecule has 13 nitrogen and oxygen atoms in total. The number of fused-ring (bicyclic) bond motifs is 2. The van der Waals surface area contributed by atoms with E-state index in [1.807, 2.05) is 20.8 Å². The van der Waals surface area contributed by atoms with Gasteiger partial charge in [0, 0.05) is 13.1 Å². The van der Waals surface area contributed by atoms with Gasteiger partial charge in [-0.1, -0.05) is 97.8 Å². The van der Waals surface area contributed by atoms with Gasteiger partial charge in [-0.05, 0) is 55.1 Å². The van der Waals surface area contributed by atoms with Crippen molar-refractivity contribution in [1.29, 1.82) is 0 Å². The smallest absolute Gasteiger partial charge is 0.315 e. The van der Waals surface area contributed by atoms with E-state index in [0.717, 1.165) is 43.4 Å². The van der Waals surface area contributed by atoms with E-state index in [1.54, 1.807) is 29.2 Å². The number of Topliss-reactive ketones (excluding diaryl/α,β-unsaturated/α-hetero) is 1. The maximum atomic E-state index is 14.5. The molecule has 0 radical (unpaired) electrons. The van der Waals surface area contributed by atoms with Crippen LogP contribution in [-0.4, -0.2) is 95.0 Å². The second-order valence-electron chi connectivity index (χ2n) is 16.6. The topological polar surface area (TPSA) is 174 Å². The third-order valence-electron chi connectivity index (χ3n) is 10.7. The summed E-state index contributed by atoms with van der Waals surface area (Å²) in [6.45, 7) is 13.8. The Labute approximate surface area is 319 Å². The van der Waals surface area contributed by atoms with Gasteiger partial charge in [0.05, 0.1) is 29.8 Å². The number of carbonyl (C=O) groups is 7. The number of benzene rings is 1. The summed E-state index contributed by atoms with van der Waals surface area (Å²) >= 11 is 0. The third kappa shape index (κ3) is 11.0. The van der Waals surface area contributed by atoms with Gasteiger partial charge in [-0.2, -0.15) is 0 Å². The van der Waals surface area contributed by atoms with Crippen LogP contribution in [0.25, 0.3) is 0 Å². The molecule has 54 heavy (non-hydrogen) atoms. The van der Waals surface area contributed by atoms with E-state index >= 15 is 0 Å². The maximum absolute atomic E-state index is 14.5. The van der Waals surface area contributed by atoms with Crippen LogP contribution in [0, 0.1) is 17.3 Å². The van der Waals surface area contributed by atoms with Crippen LogP contribution in [0.15, 0.2) is 36.9 Å². The van der Waals surface area contributed by atoms with Gasteiger partial charge in [0.2, 0.25) is 17.6 Å². The fourth-order valence-corrected chi connectivity index (χ4v) is 7.72. The Morgan fingerprint density at radius 1 is 0.926 bits per heavy atom. The van der Waals surface area contributed by atoms with Crippen molar-refractivity contribution in [3.05, 3.63) is 48.0 Å². The van der Waals surface area contributed by atoms with Gasteiger partial charge >= 0.3 is 6.03 Å². The van der Waals surface area contributed by atoms with Crippen molar-refractivity contribution < 1.29 is 33.6 Å². The average Bonchev–Trinajstić information content (AvgIpc) is 3.64. The first kappa shape index (κ1) is 42.2. The first-order chi connectivity index (χ1) is 25.6. The van der Waals surface area contributed by atoms with Crippen molar-refractivity contribution in [1.82, 2.24) is 31.1 Å². The number of hydrogen-bond acceptors (Lipinski definition) is 7. The number of amides is 7. The molecule has 0 saturated carbocycles. The second kappa shape index (κ2) is 19.2. The zero-order valence-corrected chi connectivity index (χ0v) is 32.7. The lowest BCUT2D eigenvalue weighted by atomic mass is 9.86. The predicted octanol–water partition coefficient (Wildman–Crippen LogP) is 4.51. The van der Waals surface area contributed by atoms with Crippen molar-refractivity contribution in [3.8, 4) is 0 Å². The van der Waals surface area contributed by atoms with Crippen LogP contribution < -0.4 is 21.3 Å². The molecule has 13 heteroatoms. The molecular formula is C41H60N6O7. The van der Waals surface area contributed by atoms with E-state index in [-0.39, 0.29) is 24.9 Å². The molecule has 0 aromatic heterocycles. The number of ketones is 1. The number of imide groups is 1. The fourth-order valence-electron chi connectivity index (χ4n) is 7.72. The van der Waals surface area contributed by atoms with E-state index < -0.39 is 65.0 Å². The van der Waals surface area contributed by atoms with Crippen LogP contribution in [-0.2, 0) is 19.2 Å². The molecular weight excluding hydrogens is 688 g/mol. The van der Waals surface area contributed by atoms with Crippen LogP contribution in [0.1, 0.15) is 126 Å². The van der Waals surface area contributed by atoms with E-state index in [0.29, 0.717) is 55.7 Å². The number of nitrogens with zero attached hydrogens (tertiary/aromatic N) is 2. The van der Waals surface area contributed by atoms with Crippen molar-refractivity contribution in [2.24, 2.45) is 17.3 Å². The molecule has 2 saturated heterocycles. The molecule has 3 heterocycles. The van der Waals surface area contributed by atoms with E-state index in [1.165, 1.54) is 6.08 Å². The van der Waals surface area contributed by atoms with Gasteiger partial charge in [-0.3, -0.25) is 33.7 Å². The van der Waals surface area contributed by atoms with E-state index in [9.17, 15) is 33.6 Å². The van der Waals surface area contributed by atoms with Crippen LogP contribution in [0.5, 0.6) is 0 Å². The number of hydrogen-bond donors (Lipinski definition) is 4. The molecule has 1 aromatic rings. The van der Waals surface area contributed by atoms with Crippen LogP contribution in [0.2, 0.25) is 0 Å². The minimum Gasteiger partial charge on any atom is -0.346 e. The summed E-state index contributed by atoms with van der Waals surface area (Å²) in [5.74, 6) is -2.90. The Morgan fingerprint density at radius 3 is 2.09 bits per heavy atom. The molecule has 0 aliphatic carbocycles. The second-order valence-corrected chi connectivity index (χ2v) is 16.6. The van der Waals surface area contributed by atoms with Crippen molar-refractivity contribution in [2.45, 2.75) is 129 Å². The minimum atomic E-state index is -1.03. The lowest BCUT2D eigenvalue weighted by Crippen LogP contribution is -2.59. The predicted molar refractivity (Wildman–Crippen MR) is 205 cm³/mol. The minimum absolute atomic E-state index is 0.0243. The molecule has 4 rings (SSSR count). The summed E-state index contributed by atoms with van der Waals surface area (Å²) in [6, 6.07) is 2.49. The molecule has 3 aliphatic heterocycles. The number of nitrogens with one attached hydrogen (secondary N) is 4. The highest BCUT2D eigenvalue weighted by molar-refractivity contribution is 6.38. The van der Waals surface area contributed by atoms with E-state index in [4.69, 9.17) is 0 Å². The van der Waals surface area contributed by atoms with Gasteiger partial charge in [-0.25, -0.2) is 4.79 Å². The Balaban J connectivity index is 1.56. The van der Waals surface area contributed by atoms with Crippen molar-refractivity contribution in [2.75, 3.05) is 19.6 Å².